The van der Waals surface area contributed by atoms with E-state index in [2.05, 4.69) is 38.3 Å². The van der Waals surface area contributed by atoms with Gasteiger partial charge < -0.3 is 25.0 Å². The number of rotatable bonds is 7. The van der Waals surface area contributed by atoms with Gasteiger partial charge in [-0.1, -0.05) is 37.5 Å². The molecule has 1 aromatic heterocycles. The minimum atomic E-state index is -0.935. The van der Waals surface area contributed by atoms with Gasteiger partial charge in [-0.15, -0.1) is 0 Å². The van der Waals surface area contributed by atoms with E-state index in [1.807, 2.05) is 12.1 Å². The van der Waals surface area contributed by atoms with Crippen LogP contribution in [0.2, 0.25) is 0 Å². The molecule has 1 saturated carbocycles. The maximum Gasteiger partial charge on any atom is 0.335 e. The van der Waals surface area contributed by atoms with Crippen LogP contribution in [0.25, 0.3) is 10.9 Å². The van der Waals surface area contributed by atoms with Gasteiger partial charge in [0.1, 0.15) is 5.76 Å². The number of nitrogens with zero attached hydrogens (tertiary/aromatic N) is 2. The van der Waals surface area contributed by atoms with E-state index in [-0.39, 0.29) is 23.3 Å². The molecule has 4 aliphatic rings. The summed E-state index contributed by atoms with van der Waals surface area (Å²) in [5, 5.41) is 17.5. The zero-order chi connectivity index (χ0) is 27.6. The number of fused-ring (bicyclic) bond motifs is 5. The molecule has 8 nitrogen and oxygen atoms in total. The Balaban J connectivity index is 1.41. The molecule has 2 fully saturated rings. The number of aromatic carboxylic acids is 1. The van der Waals surface area contributed by atoms with E-state index in [4.69, 9.17) is 4.74 Å². The van der Waals surface area contributed by atoms with Crippen molar-refractivity contribution in [1.82, 2.24) is 20.1 Å². The van der Waals surface area contributed by atoms with Crippen molar-refractivity contribution in [2.24, 2.45) is 5.92 Å². The Bertz CT molecular complexity index is 1370. The average Bonchev–Trinajstić information content (AvgIpc) is 3.20. The number of nitrogens with one attached hydrogen (secondary N) is 2. The van der Waals surface area contributed by atoms with Crippen LogP contribution in [0.3, 0.4) is 0 Å². The Morgan fingerprint density at radius 2 is 1.93 bits per heavy atom. The molecule has 2 aliphatic heterocycles. The monoisotopic (exact) mass is 544 g/mol. The molecule has 2 aliphatic carbocycles. The van der Waals surface area contributed by atoms with Crippen molar-refractivity contribution < 1.29 is 19.4 Å². The summed E-state index contributed by atoms with van der Waals surface area (Å²) in [6, 6.07) is 5.53. The van der Waals surface area contributed by atoms with Gasteiger partial charge in [0.25, 0.3) is 0 Å². The van der Waals surface area contributed by atoms with Gasteiger partial charge in [0, 0.05) is 73.3 Å². The van der Waals surface area contributed by atoms with Crippen molar-refractivity contribution in [2.45, 2.75) is 50.5 Å². The number of hydrogen-bond donors (Lipinski definition) is 3. The van der Waals surface area contributed by atoms with Crippen molar-refractivity contribution >= 4 is 22.8 Å². The highest BCUT2D eigenvalue weighted by Crippen LogP contribution is 2.47. The van der Waals surface area contributed by atoms with Crippen molar-refractivity contribution in [1.29, 1.82) is 0 Å². The van der Waals surface area contributed by atoms with Crippen molar-refractivity contribution in [3.05, 3.63) is 70.7 Å². The molecule has 0 bridgehead atoms. The Kier molecular flexibility index (Phi) is 7.80. The topological polar surface area (TPSA) is 95.8 Å². The fraction of sp³-hybridized carbons (Fsp3) is 0.500. The van der Waals surface area contributed by atoms with Crippen LogP contribution in [0.4, 0.5) is 0 Å². The van der Waals surface area contributed by atoms with Crippen molar-refractivity contribution in [3.63, 3.8) is 0 Å². The fourth-order valence-corrected chi connectivity index (χ4v) is 7.09. The summed E-state index contributed by atoms with van der Waals surface area (Å²) < 4.78 is 7.85. The van der Waals surface area contributed by atoms with Gasteiger partial charge in [-0.2, -0.15) is 0 Å². The zero-order valence-corrected chi connectivity index (χ0v) is 23.3. The number of carboxylic acids is 1. The van der Waals surface area contributed by atoms with E-state index >= 15 is 0 Å². The number of benzene rings is 1. The Hall–Kier alpha value is -3.36. The van der Waals surface area contributed by atoms with Crippen LogP contribution in [0.5, 0.6) is 0 Å². The van der Waals surface area contributed by atoms with Gasteiger partial charge in [-0.05, 0) is 48.6 Å². The summed E-state index contributed by atoms with van der Waals surface area (Å²) in [4.78, 5) is 28.0. The summed E-state index contributed by atoms with van der Waals surface area (Å²) in [7, 11) is 1.68. The van der Waals surface area contributed by atoms with Gasteiger partial charge in [-0.3, -0.25) is 9.69 Å². The van der Waals surface area contributed by atoms with Crippen LogP contribution in [-0.2, 0) is 16.1 Å². The Morgan fingerprint density at radius 3 is 2.67 bits per heavy atom. The minimum Gasteiger partial charge on any atom is -0.497 e. The molecule has 212 valence electrons. The number of ether oxygens (including phenoxy) is 1. The number of carbonyl (C=O) groups excluding carboxylic acids is 1. The first kappa shape index (κ1) is 26.8. The smallest absolute Gasteiger partial charge is 0.335 e. The van der Waals surface area contributed by atoms with Gasteiger partial charge in [-0.25, -0.2) is 4.79 Å². The summed E-state index contributed by atoms with van der Waals surface area (Å²) in [6.07, 6.45) is 14.4. The molecule has 3 N–H and O–H groups in total. The van der Waals surface area contributed by atoms with Crippen LogP contribution >= 0.6 is 0 Å². The molecule has 2 atom stereocenters. The number of carboxylic acid groups (broad SMARTS) is 1. The number of aromatic nitrogens is 1. The summed E-state index contributed by atoms with van der Waals surface area (Å²) in [6.45, 7) is 5.79. The van der Waals surface area contributed by atoms with Crippen LogP contribution in [-0.4, -0.2) is 72.8 Å². The van der Waals surface area contributed by atoms with E-state index in [0.717, 1.165) is 62.2 Å². The lowest BCUT2D eigenvalue weighted by Gasteiger charge is -2.28. The number of piperazine rings is 1. The Morgan fingerprint density at radius 1 is 1.12 bits per heavy atom. The van der Waals surface area contributed by atoms with Crippen molar-refractivity contribution in [3.8, 4) is 0 Å². The third-order valence-corrected chi connectivity index (χ3v) is 9.13. The van der Waals surface area contributed by atoms with E-state index < -0.39 is 5.97 Å². The quantitative estimate of drug-likeness (QED) is 0.485. The van der Waals surface area contributed by atoms with Crippen LogP contribution < -0.4 is 10.6 Å². The number of allylic oxidation sites excluding steroid dienone is 4. The van der Waals surface area contributed by atoms with Crippen molar-refractivity contribution in [2.75, 3.05) is 46.4 Å². The van der Waals surface area contributed by atoms with E-state index in [9.17, 15) is 14.7 Å². The summed E-state index contributed by atoms with van der Waals surface area (Å²) in [5.41, 5.74) is 4.45. The zero-order valence-electron chi connectivity index (χ0n) is 23.3. The molecule has 1 saturated heterocycles. The molecule has 0 spiro atoms. The van der Waals surface area contributed by atoms with Gasteiger partial charge in [0.15, 0.2) is 0 Å². The van der Waals surface area contributed by atoms with Crippen LogP contribution in [0.1, 0.15) is 65.6 Å². The lowest BCUT2D eigenvalue weighted by Crippen LogP contribution is -2.46. The molecular formula is C32H40N4O4. The highest BCUT2D eigenvalue weighted by molar-refractivity contribution is 5.97. The first-order valence-corrected chi connectivity index (χ1v) is 14.8. The largest absolute Gasteiger partial charge is 0.497 e. The predicted octanol–water partition coefficient (Wildman–Crippen LogP) is 4.15. The van der Waals surface area contributed by atoms with Gasteiger partial charge in [0.2, 0.25) is 5.91 Å². The molecule has 3 heterocycles. The normalized spacial score (nSPS) is 23.5. The van der Waals surface area contributed by atoms with Gasteiger partial charge >= 0.3 is 5.97 Å². The third-order valence-electron chi connectivity index (χ3n) is 9.13. The van der Waals surface area contributed by atoms with E-state index in [1.54, 1.807) is 19.2 Å². The number of carbonyl (C=O) groups is 2. The molecule has 40 heavy (non-hydrogen) atoms. The predicted molar refractivity (Wildman–Crippen MR) is 156 cm³/mol. The number of hydrogen-bond acceptors (Lipinski definition) is 5. The first-order chi connectivity index (χ1) is 19.5. The van der Waals surface area contributed by atoms with Gasteiger partial charge in [0.05, 0.1) is 19.2 Å². The van der Waals surface area contributed by atoms with E-state index in [0.29, 0.717) is 24.6 Å². The maximum absolute atomic E-state index is 13.7. The molecule has 6 rings (SSSR count). The fourth-order valence-electron chi connectivity index (χ4n) is 7.09. The lowest BCUT2D eigenvalue weighted by atomic mass is 9.77. The highest BCUT2D eigenvalue weighted by Gasteiger charge is 2.36. The second-order valence-electron chi connectivity index (χ2n) is 11.5. The van der Waals surface area contributed by atoms with Crippen LogP contribution in [0.15, 0.2) is 53.8 Å². The molecule has 8 heteroatoms. The standard InChI is InChI=1S/C32H40N4O4/c1-40-25-8-10-26-23(18-25)17-24(31(37)34-13-16-35-14-11-33-12-15-35)20-36-28-19-22(32(38)39)7-9-27(28)29(30(26)36)21-5-3-2-4-6-21/h7-10,17-19,21,23,26,33H,2-6,11-16,20H2,1H3,(H,34,37)(H,38,39). The SMILES string of the molecule is COC1=CC2C=C(C(=O)NCCN3CCNCC3)Cn3c(c(C4CCCCC4)c4ccc(C(=O)O)cc43)C2C=C1. The molecule has 0 radical (unpaired) electrons. The molecule has 1 aromatic carbocycles. The number of methoxy groups -OCH3 is 1. The second-order valence-corrected chi connectivity index (χ2v) is 11.5. The third kappa shape index (κ3) is 5.22. The second kappa shape index (κ2) is 11.6. The van der Waals surface area contributed by atoms with Crippen LogP contribution in [0, 0.1) is 5.92 Å². The first-order valence-electron chi connectivity index (χ1n) is 14.8. The molecule has 2 unspecified atom stereocenters. The Labute approximate surface area is 235 Å². The molecule has 2 aromatic rings. The summed E-state index contributed by atoms with van der Waals surface area (Å²) in [5.74, 6) is 0.254. The maximum atomic E-state index is 13.7. The number of amides is 1. The molecule has 1 amide bonds. The van der Waals surface area contributed by atoms with E-state index in [1.165, 1.54) is 30.5 Å². The minimum absolute atomic E-state index is 0.0271. The molecular weight excluding hydrogens is 504 g/mol. The average molecular weight is 545 g/mol. The highest BCUT2D eigenvalue weighted by atomic mass is 16.5. The summed E-state index contributed by atoms with van der Waals surface area (Å²) >= 11 is 0. The lowest BCUT2D eigenvalue weighted by molar-refractivity contribution is -0.117.